The highest BCUT2D eigenvalue weighted by Gasteiger charge is 2.32. The Bertz CT molecular complexity index is 641. The second kappa shape index (κ2) is 7.54. The maximum absolute atomic E-state index is 12.8. The van der Waals surface area contributed by atoms with Crippen molar-refractivity contribution in [1.82, 2.24) is 9.80 Å². The summed E-state index contributed by atoms with van der Waals surface area (Å²) in [7, 11) is 1.86. The van der Waals surface area contributed by atoms with Crippen molar-refractivity contribution >= 4 is 17.6 Å². The summed E-state index contributed by atoms with van der Waals surface area (Å²) in [5.41, 5.74) is 2.30. The number of nitrogens with zero attached hydrogens (tertiary/aromatic N) is 3. The standard InChI is InChI=1S/C19H27N3O3/c1-14-11-15-5-3-4-6-17(15)22(14)18(23)12-21-9-7-16(8-10-21)20(2)13-19(24)25/h3-6,14,16H,7-13H2,1-2H3,(H,24,25). The van der Waals surface area contributed by atoms with E-state index in [1.54, 1.807) is 0 Å². The molecule has 0 saturated carbocycles. The number of carboxylic acid groups (broad SMARTS) is 1. The van der Waals surface area contributed by atoms with Crippen molar-refractivity contribution in [3.05, 3.63) is 29.8 Å². The van der Waals surface area contributed by atoms with Crippen molar-refractivity contribution in [3.63, 3.8) is 0 Å². The smallest absolute Gasteiger partial charge is 0.317 e. The zero-order valence-corrected chi connectivity index (χ0v) is 15.0. The van der Waals surface area contributed by atoms with Gasteiger partial charge in [-0.25, -0.2) is 0 Å². The monoisotopic (exact) mass is 345 g/mol. The third-order valence-corrected chi connectivity index (χ3v) is 5.40. The maximum atomic E-state index is 12.8. The minimum absolute atomic E-state index is 0.0751. The van der Waals surface area contributed by atoms with E-state index in [0.717, 1.165) is 38.0 Å². The van der Waals surface area contributed by atoms with E-state index in [1.807, 2.05) is 35.0 Å². The quantitative estimate of drug-likeness (QED) is 0.875. The van der Waals surface area contributed by atoms with Gasteiger partial charge in [0.1, 0.15) is 0 Å². The molecule has 0 aromatic heterocycles. The van der Waals surface area contributed by atoms with Crippen LogP contribution >= 0.6 is 0 Å². The number of likely N-dealkylation sites (N-methyl/N-ethyl adjacent to an activating group) is 1. The first kappa shape index (κ1) is 17.9. The van der Waals surface area contributed by atoms with E-state index in [0.29, 0.717) is 6.54 Å². The number of hydrogen-bond donors (Lipinski definition) is 1. The molecule has 1 fully saturated rings. The van der Waals surface area contributed by atoms with Crippen LogP contribution < -0.4 is 4.90 Å². The third kappa shape index (κ3) is 4.02. The van der Waals surface area contributed by atoms with Crippen molar-refractivity contribution in [3.8, 4) is 0 Å². The van der Waals surface area contributed by atoms with E-state index in [1.165, 1.54) is 5.56 Å². The average Bonchev–Trinajstić information content (AvgIpc) is 2.90. The number of carbonyl (C=O) groups is 2. The van der Waals surface area contributed by atoms with Gasteiger partial charge in [-0.3, -0.25) is 19.4 Å². The molecular weight excluding hydrogens is 318 g/mol. The van der Waals surface area contributed by atoms with Crippen molar-refractivity contribution in [1.29, 1.82) is 0 Å². The number of aliphatic carboxylic acids is 1. The number of rotatable bonds is 5. The van der Waals surface area contributed by atoms with Crippen LogP contribution in [0.3, 0.4) is 0 Å². The number of carbonyl (C=O) groups excluding carboxylic acids is 1. The van der Waals surface area contributed by atoms with Crippen LogP contribution in [-0.2, 0) is 16.0 Å². The van der Waals surface area contributed by atoms with Gasteiger partial charge in [0.15, 0.2) is 0 Å². The molecule has 1 unspecified atom stereocenters. The van der Waals surface area contributed by atoms with Gasteiger partial charge in [-0.2, -0.15) is 0 Å². The molecule has 3 rings (SSSR count). The van der Waals surface area contributed by atoms with E-state index in [2.05, 4.69) is 17.9 Å². The van der Waals surface area contributed by atoms with Gasteiger partial charge in [0, 0.05) is 30.9 Å². The molecule has 0 bridgehead atoms. The average molecular weight is 345 g/mol. The van der Waals surface area contributed by atoms with Gasteiger partial charge in [0.2, 0.25) is 5.91 Å². The van der Waals surface area contributed by atoms with Crippen LogP contribution in [0.5, 0.6) is 0 Å². The lowest BCUT2D eigenvalue weighted by Gasteiger charge is -2.36. The number of para-hydroxylation sites is 1. The summed E-state index contributed by atoms with van der Waals surface area (Å²) in [5, 5.41) is 8.91. The zero-order valence-electron chi connectivity index (χ0n) is 15.0. The van der Waals surface area contributed by atoms with Gasteiger partial charge in [-0.1, -0.05) is 18.2 Å². The van der Waals surface area contributed by atoms with Crippen molar-refractivity contribution in [2.45, 2.75) is 38.3 Å². The number of piperidine rings is 1. The molecule has 0 aliphatic carbocycles. The second-order valence-corrected chi connectivity index (χ2v) is 7.26. The zero-order chi connectivity index (χ0) is 18.0. The summed E-state index contributed by atoms with van der Waals surface area (Å²) < 4.78 is 0. The molecule has 25 heavy (non-hydrogen) atoms. The first-order chi connectivity index (χ1) is 12.0. The molecule has 6 heteroatoms. The lowest BCUT2D eigenvalue weighted by molar-refractivity contribution is -0.138. The Hall–Kier alpha value is -1.92. The fraction of sp³-hybridized carbons (Fsp3) is 0.579. The minimum Gasteiger partial charge on any atom is -0.480 e. The third-order valence-electron chi connectivity index (χ3n) is 5.40. The maximum Gasteiger partial charge on any atom is 0.317 e. The second-order valence-electron chi connectivity index (χ2n) is 7.26. The first-order valence-corrected chi connectivity index (χ1v) is 9.00. The molecule has 2 aliphatic rings. The molecule has 1 N–H and O–H groups in total. The van der Waals surface area contributed by atoms with Gasteiger partial charge in [0.05, 0.1) is 13.1 Å². The number of benzene rings is 1. The largest absolute Gasteiger partial charge is 0.480 e. The van der Waals surface area contributed by atoms with Gasteiger partial charge in [-0.05, 0) is 44.9 Å². The molecule has 0 radical (unpaired) electrons. The number of carboxylic acids is 1. The van der Waals surface area contributed by atoms with Crippen molar-refractivity contribution < 1.29 is 14.7 Å². The van der Waals surface area contributed by atoms with Crippen LogP contribution in [0.4, 0.5) is 5.69 Å². The Morgan fingerprint density at radius 3 is 2.60 bits per heavy atom. The van der Waals surface area contributed by atoms with E-state index in [4.69, 9.17) is 5.11 Å². The van der Waals surface area contributed by atoms with Crippen LogP contribution in [0.15, 0.2) is 24.3 Å². The van der Waals surface area contributed by atoms with Gasteiger partial charge >= 0.3 is 5.97 Å². The number of likely N-dealkylation sites (tertiary alicyclic amines) is 1. The van der Waals surface area contributed by atoms with E-state index >= 15 is 0 Å². The number of hydrogen-bond acceptors (Lipinski definition) is 4. The highest BCUT2D eigenvalue weighted by molar-refractivity contribution is 5.97. The number of fused-ring (bicyclic) bond motifs is 1. The highest BCUT2D eigenvalue weighted by Crippen LogP contribution is 2.32. The molecule has 1 amide bonds. The summed E-state index contributed by atoms with van der Waals surface area (Å²) in [5.74, 6) is -0.628. The molecular formula is C19H27N3O3. The van der Waals surface area contributed by atoms with Crippen LogP contribution in [-0.4, -0.2) is 72.1 Å². The van der Waals surface area contributed by atoms with Crippen LogP contribution in [0.2, 0.25) is 0 Å². The van der Waals surface area contributed by atoms with Crippen LogP contribution in [0, 0.1) is 0 Å². The molecule has 0 spiro atoms. The molecule has 1 aromatic rings. The SMILES string of the molecule is CC1Cc2ccccc2N1C(=O)CN1CCC(N(C)CC(=O)O)CC1. The Labute approximate surface area is 149 Å². The Kier molecular flexibility index (Phi) is 5.39. The normalized spacial score (nSPS) is 21.6. The Balaban J connectivity index is 1.54. The van der Waals surface area contributed by atoms with E-state index in [-0.39, 0.29) is 24.5 Å². The summed E-state index contributed by atoms with van der Waals surface area (Å²) in [4.78, 5) is 29.7. The van der Waals surface area contributed by atoms with Gasteiger partial charge in [-0.15, -0.1) is 0 Å². The number of amides is 1. The number of anilines is 1. The van der Waals surface area contributed by atoms with E-state index < -0.39 is 5.97 Å². The molecule has 1 atom stereocenters. The minimum atomic E-state index is -0.790. The Morgan fingerprint density at radius 1 is 1.24 bits per heavy atom. The fourth-order valence-electron chi connectivity index (χ4n) is 4.07. The molecule has 2 aliphatic heterocycles. The fourth-order valence-corrected chi connectivity index (χ4v) is 4.07. The summed E-state index contributed by atoms with van der Waals surface area (Å²) in [6, 6.07) is 8.64. The molecule has 1 aromatic carbocycles. The highest BCUT2D eigenvalue weighted by atomic mass is 16.4. The topological polar surface area (TPSA) is 64.1 Å². The van der Waals surface area contributed by atoms with Crippen LogP contribution in [0.1, 0.15) is 25.3 Å². The summed E-state index contributed by atoms with van der Waals surface area (Å²) in [6.45, 7) is 4.29. The first-order valence-electron chi connectivity index (χ1n) is 9.00. The lowest BCUT2D eigenvalue weighted by atomic mass is 10.0. The molecule has 6 nitrogen and oxygen atoms in total. The van der Waals surface area contributed by atoms with Gasteiger partial charge < -0.3 is 10.0 Å². The van der Waals surface area contributed by atoms with Crippen molar-refractivity contribution in [2.75, 3.05) is 38.1 Å². The Morgan fingerprint density at radius 2 is 1.92 bits per heavy atom. The molecule has 2 heterocycles. The molecule has 1 saturated heterocycles. The summed E-state index contributed by atoms with van der Waals surface area (Å²) >= 11 is 0. The van der Waals surface area contributed by atoms with Crippen molar-refractivity contribution in [2.24, 2.45) is 0 Å². The summed E-state index contributed by atoms with van der Waals surface area (Å²) in [6.07, 6.45) is 2.73. The lowest BCUT2D eigenvalue weighted by Crippen LogP contribution is -2.49. The predicted octanol–water partition coefficient (Wildman–Crippen LogP) is 1.44. The van der Waals surface area contributed by atoms with E-state index in [9.17, 15) is 9.59 Å². The predicted molar refractivity (Wildman–Crippen MR) is 96.8 cm³/mol. The van der Waals surface area contributed by atoms with Crippen LogP contribution in [0.25, 0.3) is 0 Å². The molecule has 136 valence electrons. The van der Waals surface area contributed by atoms with Gasteiger partial charge in [0.25, 0.3) is 0 Å².